The maximum atomic E-state index is 12.3. The first-order chi connectivity index (χ1) is 12.9. The van der Waals surface area contributed by atoms with Gasteiger partial charge in [-0.15, -0.1) is 0 Å². The van der Waals surface area contributed by atoms with Crippen LogP contribution in [0.25, 0.3) is 0 Å². The van der Waals surface area contributed by atoms with E-state index < -0.39 is 10.0 Å². The van der Waals surface area contributed by atoms with E-state index in [9.17, 15) is 8.42 Å². The summed E-state index contributed by atoms with van der Waals surface area (Å²) < 4.78 is 31.4. The largest absolute Gasteiger partial charge is 0.381 e. The second-order valence-corrected chi connectivity index (χ2v) is 9.63. The highest BCUT2D eigenvalue weighted by Crippen LogP contribution is 2.42. The van der Waals surface area contributed by atoms with Gasteiger partial charge in [0.1, 0.15) is 0 Å². The first kappa shape index (κ1) is 18.6. The van der Waals surface area contributed by atoms with E-state index in [-0.39, 0.29) is 5.54 Å². The number of fused-ring (bicyclic) bond motifs is 2. The molecule has 2 aromatic rings. The topological polar surface area (TPSA) is 78.5 Å². The number of imidazole rings is 1. The van der Waals surface area contributed by atoms with Crippen molar-refractivity contribution in [2.24, 2.45) is 0 Å². The van der Waals surface area contributed by atoms with Crippen molar-refractivity contribution >= 4 is 10.0 Å². The van der Waals surface area contributed by atoms with Gasteiger partial charge in [0.15, 0.2) is 0 Å². The van der Waals surface area contributed by atoms with Crippen LogP contribution in [0.2, 0.25) is 0 Å². The monoisotopic (exact) mass is 390 g/mol. The molecule has 1 aromatic carbocycles. The predicted octanol–water partition coefficient (Wildman–Crippen LogP) is 1.72. The van der Waals surface area contributed by atoms with Crippen molar-refractivity contribution in [3.8, 4) is 0 Å². The van der Waals surface area contributed by atoms with E-state index in [0.29, 0.717) is 4.90 Å². The predicted molar refractivity (Wildman–Crippen MR) is 102 cm³/mol. The molecule has 0 aliphatic carbocycles. The number of benzene rings is 1. The van der Waals surface area contributed by atoms with Crippen molar-refractivity contribution in [2.45, 2.75) is 36.2 Å². The number of rotatable bonds is 4. The molecule has 1 spiro atoms. The molecule has 146 valence electrons. The summed E-state index contributed by atoms with van der Waals surface area (Å²) in [4.78, 5) is 10.8. The second kappa shape index (κ2) is 7.01. The molecule has 8 heteroatoms. The SMILES string of the molecule is CN(C)S(=O)(=O)c1ccc(CN2CCc3[nH]cnc3C23CCOCC3)cc1. The molecular formula is C19H26N4O3S. The number of aromatic amines is 1. The molecule has 0 radical (unpaired) electrons. The minimum Gasteiger partial charge on any atom is -0.381 e. The Balaban J connectivity index is 1.60. The second-order valence-electron chi connectivity index (χ2n) is 7.48. The summed E-state index contributed by atoms with van der Waals surface area (Å²) in [6, 6.07) is 7.24. The van der Waals surface area contributed by atoms with Gasteiger partial charge in [0.05, 0.1) is 22.5 Å². The Morgan fingerprint density at radius 1 is 1.22 bits per heavy atom. The quantitative estimate of drug-likeness (QED) is 0.860. The molecule has 4 rings (SSSR count). The molecule has 0 saturated carbocycles. The summed E-state index contributed by atoms with van der Waals surface area (Å²) in [7, 11) is -0.299. The number of sulfonamides is 1. The molecule has 3 heterocycles. The van der Waals surface area contributed by atoms with Gasteiger partial charge in [-0.2, -0.15) is 0 Å². The fourth-order valence-electron chi connectivity index (χ4n) is 4.21. The zero-order valence-corrected chi connectivity index (χ0v) is 16.6. The lowest BCUT2D eigenvalue weighted by Crippen LogP contribution is -2.53. The zero-order valence-electron chi connectivity index (χ0n) is 15.8. The highest BCUT2D eigenvalue weighted by atomic mass is 32.2. The maximum absolute atomic E-state index is 12.3. The molecule has 1 saturated heterocycles. The Morgan fingerprint density at radius 3 is 2.59 bits per heavy atom. The first-order valence-electron chi connectivity index (χ1n) is 9.30. The normalized spacial score (nSPS) is 20.1. The summed E-state index contributed by atoms with van der Waals surface area (Å²) in [5, 5.41) is 0. The van der Waals surface area contributed by atoms with Crippen LogP contribution >= 0.6 is 0 Å². The molecule has 0 bridgehead atoms. The van der Waals surface area contributed by atoms with Gasteiger partial charge in [-0.1, -0.05) is 12.1 Å². The number of ether oxygens (including phenoxy) is 1. The van der Waals surface area contributed by atoms with Gasteiger partial charge in [-0.3, -0.25) is 4.90 Å². The summed E-state index contributed by atoms with van der Waals surface area (Å²) in [5.41, 5.74) is 3.40. The lowest BCUT2D eigenvalue weighted by atomic mass is 9.80. The Morgan fingerprint density at radius 2 is 1.93 bits per heavy atom. The Kier molecular flexibility index (Phi) is 4.84. The van der Waals surface area contributed by atoms with Gasteiger partial charge < -0.3 is 9.72 Å². The summed E-state index contributed by atoms with van der Waals surface area (Å²) in [5.74, 6) is 0. The van der Waals surface area contributed by atoms with Gasteiger partial charge >= 0.3 is 0 Å². The molecule has 1 N–H and O–H groups in total. The third kappa shape index (κ3) is 3.20. The summed E-state index contributed by atoms with van der Waals surface area (Å²) in [6.07, 6.45) is 4.60. The molecule has 0 atom stereocenters. The smallest absolute Gasteiger partial charge is 0.242 e. The standard InChI is InChI=1S/C19H26N4O3S/c1-22(2)27(24,25)16-5-3-15(4-6-16)13-23-10-7-17-18(21-14-20-17)19(23)8-11-26-12-9-19/h3-6,14H,7-13H2,1-2H3,(H,20,21). The number of hydrogen-bond donors (Lipinski definition) is 1. The molecule has 1 fully saturated rings. The minimum absolute atomic E-state index is 0.0970. The van der Waals surface area contributed by atoms with E-state index in [1.54, 1.807) is 32.6 Å². The highest BCUT2D eigenvalue weighted by molar-refractivity contribution is 7.89. The number of hydrogen-bond acceptors (Lipinski definition) is 5. The lowest BCUT2D eigenvalue weighted by molar-refractivity contribution is -0.0450. The van der Waals surface area contributed by atoms with Crippen LogP contribution in [0.4, 0.5) is 0 Å². The fourth-order valence-corrected chi connectivity index (χ4v) is 5.12. The molecule has 0 amide bonds. The zero-order chi connectivity index (χ0) is 19.1. The van der Waals surface area contributed by atoms with Gasteiger partial charge in [0.25, 0.3) is 0 Å². The van der Waals surface area contributed by atoms with Crippen LogP contribution in [0, 0.1) is 0 Å². The van der Waals surface area contributed by atoms with Crippen LogP contribution in [-0.4, -0.2) is 61.4 Å². The molecule has 0 unspecified atom stereocenters. The summed E-state index contributed by atoms with van der Waals surface area (Å²) >= 11 is 0. The minimum atomic E-state index is -3.40. The third-order valence-electron chi connectivity index (χ3n) is 5.79. The molecule has 1 aromatic heterocycles. The average molecular weight is 391 g/mol. The Bertz CT molecular complexity index is 899. The van der Waals surface area contributed by atoms with Crippen LogP contribution in [0.5, 0.6) is 0 Å². The van der Waals surface area contributed by atoms with Crippen molar-refractivity contribution in [2.75, 3.05) is 33.9 Å². The molecular weight excluding hydrogens is 364 g/mol. The third-order valence-corrected chi connectivity index (χ3v) is 7.62. The van der Waals surface area contributed by atoms with Gasteiger partial charge in [0.2, 0.25) is 10.0 Å². The van der Waals surface area contributed by atoms with E-state index in [1.807, 2.05) is 12.1 Å². The van der Waals surface area contributed by atoms with E-state index in [0.717, 1.165) is 56.8 Å². The number of nitrogens with one attached hydrogen (secondary N) is 1. The van der Waals surface area contributed by atoms with Gasteiger partial charge in [0, 0.05) is 52.5 Å². The summed E-state index contributed by atoms with van der Waals surface area (Å²) in [6.45, 7) is 3.20. The van der Waals surface area contributed by atoms with Crippen molar-refractivity contribution in [1.82, 2.24) is 19.2 Å². The van der Waals surface area contributed by atoms with Crippen molar-refractivity contribution in [3.05, 3.63) is 47.5 Å². The van der Waals surface area contributed by atoms with Crippen LogP contribution in [0.1, 0.15) is 29.8 Å². The Labute approximate surface area is 160 Å². The van der Waals surface area contributed by atoms with Gasteiger partial charge in [-0.25, -0.2) is 17.7 Å². The van der Waals surface area contributed by atoms with Crippen LogP contribution in [-0.2, 0) is 33.3 Å². The van der Waals surface area contributed by atoms with Crippen LogP contribution in [0.3, 0.4) is 0 Å². The number of H-pyrrole nitrogens is 1. The molecule has 2 aliphatic rings. The van der Waals surface area contributed by atoms with Crippen molar-refractivity contribution in [3.63, 3.8) is 0 Å². The molecule has 2 aliphatic heterocycles. The van der Waals surface area contributed by atoms with Crippen LogP contribution < -0.4 is 0 Å². The van der Waals surface area contributed by atoms with E-state index in [1.165, 1.54) is 10.00 Å². The average Bonchev–Trinajstić information content (AvgIpc) is 3.15. The fraction of sp³-hybridized carbons (Fsp3) is 0.526. The first-order valence-corrected chi connectivity index (χ1v) is 10.7. The van der Waals surface area contributed by atoms with E-state index in [4.69, 9.17) is 4.74 Å². The number of nitrogens with zero attached hydrogens (tertiary/aromatic N) is 3. The Hall–Kier alpha value is -1.74. The van der Waals surface area contributed by atoms with Crippen LogP contribution in [0.15, 0.2) is 35.5 Å². The van der Waals surface area contributed by atoms with Crippen molar-refractivity contribution in [1.29, 1.82) is 0 Å². The number of aromatic nitrogens is 2. The maximum Gasteiger partial charge on any atom is 0.242 e. The van der Waals surface area contributed by atoms with E-state index in [2.05, 4.69) is 14.9 Å². The lowest BCUT2D eigenvalue weighted by Gasteiger charge is -2.48. The highest BCUT2D eigenvalue weighted by Gasteiger charge is 2.45. The van der Waals surface area contributed by atoms with Gasteiger partial charge in [-0.05, 0) is 30.5 Å². The molecule has 27 heavy (non-hydrogen) atoms. The van der Waals surface area contributed by atoms with E-state index >= 15 is 0 Å². The van der Waals surface area contributed by atoms with Crippen molar-refractivity contribution < 1.29 is 13.2 Å². The molecule has 7 nitrogen and oxygen atoms in total.